The van der Waals surface area contributed by atoms with Crippen molar-refractivity contribution >= 4 is 11.6 Å². The van der Waals surface area contributed by atoms with Gasteiger partial charge < -0.3 is 9.47 Å². The summed E-state index contributed by atoms with van der Waals surface area (Å²) in [4.78, 5) is 0. The topological polar surface area (TPSA) is 18.5 Å². The van der Waals surface area contributed by atoms with E-state index in [4.69, 9.17) is 21.1 Å². The maximum absolute atomic E-state index is 6.13. The Morgan fingerprint density at radius 3 is 2.93 bits per heavy atom. The van der Waals surface area contributed by atoms with E-state index in [-0.39, 0.29) is 6.10 Å². The zero-order valence-electron chi connectivity index (χ0n) is 8.34. The molecule has 3 heteroatoms. The van der Waals surface area contributed by atoms with Crippen molar-refractivity contribution in [2.45, 2.75) is 26.1 Å². The summed E-state index contributed by atoms with van der Waals surface area (Å²) in [5, 5.41) is 0.816. The number of hydrogen-bond acceptors (Lipinski definition) is 2. The average molecular weight is 213 g/mol. The van der Waals surface area contributed by atoms with Crippen LogP contribution in [0.15, 0.2) is 12.1 Å². The Bertz CT molecular complexity index is 349. The molecule has 1 heterocycles. The predicted octanol–water partition coefficient (Wildman–Crippen LogP) is 2.81. The van der Waals surface area contributed by atoms with Crippen LogP contribution in [0.25, 0.3) is 0 Å². The lowest BCUT2D eigenvalue weighted by Crippen LogP contribution is -2.19. The molecule has 0 radical (unpaired) electrons. The number of methoxy groups -OCH3 is 1. The number of hydrogen-bond donors (Lipinski definition) is 0. The Hall–Kier alpha value is -0.730. The van der Waals surface area contributed by atoms with Gasteiger partial charge in [0.1, 0.15) is 5.75 Å². The van der Waals surface area contributed by atoms with Gasteiger partial charge in [0.25, 0.3) is 0 Å². The van der Waals surface area contributed by atoms with Gasteiger partial charge >= 0.3 is 0 Å². The second-order valence-electron chi connectivity index (χ2n) is 3.53. The summed E-state index contributed by atoms with van der Waals surface area (Å²) < 4.78 is 10.8. The van der Waals surface area contributed by atoms with Crippen molar-refractivity contribution in [1.82, 2.24) is 0 Å². The fourth-order valence-corrected chi connectivity index (χ4v) is 2.04. The lowest BCUT2D eigenvalue weighted by Gasteiger charge is -2.24. The van der Waals surface area contributed by atoms with Gasteiger partial charge in [-0.3, -0.25) is 0 Å². The van der Waals surface area contributed by atoms with E-state index in [1.165, 1.54) is 5.56 Å². The van der Waals surface area contributed by atoms with Crippen LogP contribution >= 0.6 is 11.6 Å². The summed E-state index contributed by atoms with van der Waals surface area (Å²) in [7, 11) is 1.67. The van der Waals surface area contributed by atoms with Crippen LogP contribution in [0.1, 0.15) is 18.1 Å². The molecule has 14 heavy (non-hydrogen) atoms. The molecule has 0 bridgehead atoms. The van der Waals surface area contributed by atoms with Crippen molar-refractivity contribution in [3.63, 3.8) is 0 Å². The molecule has 2 nitrogen and oxygen atoms in total. The summed E-state index contributed by atoms with van der Waals surface area (Å²) in [5.74, 6) is 0.872. The minimum absolute atomic E-state index is 0.243. The maximum atomic E-state index is 6.13. The van der Waals surface area contributed by atoms with E-state index in [0.717, 1.165) is 22.8 Å². The summed E-state index contributed by atoms with van der Waals surface area (Å²) in [6.45, 7) is 2.65. The normalized spacial score (nSPS) is 20.4. The van der Waals surface area contributed by atoms with Crippen LogP contribution in [0.5, 0.6) is 5.75 Å². The molecule has 1 aliphatic heterocycles. The Morgan fingerprint density at radius 2 is 2.21 bits per heavy atom. The zero-order valence-corrected chi connectivity index (χ0v) is 9.10. The van der Waals surface area contributed by atoms with Crippen LogP contribution in [0, 0.1) is 0 Å². The first-order valence-electron chi connectivity index (χ1n) is 4.68. The fraction of sp³-hybridized carbons (Fsp3) is 0.455. The Morgan fingerprint density at radius 1 is 1.43 bits per heavy atom. The first-order valence-corrected chi connectivity index (χ1v) is 5.06. The lowest BCUT2D eigenvalue weighted by atomic mass is 9.99. The molecule has 1 unspecified atom stereocenters. The summed E-state index contributed by atoms with van der Waals surface area (Å²) in [6.07, 6.45) is 1.11. The van der Waals surface area contributed by atoms with Crippen LogP contribution in [-0.4, -0.2) is 13.2 Å². The third-order valence-corrected chi connectivity index (χ3v) is 2.91. The lowest BCUT2D eigenvalue weighted by molar-refractivity contribution is 0.0396. The molecule has 0 fully saturated rings. The molecule has 0 saturated heterocycles. The van der Waals surface area contributed by atoms with E-state index in [2.05, 4.69) is 6.92 Å². The Kier molecular flexibility index (Phi) is 2.66. The van der Waals surface area contributed by atoms with Crippen molar-refractivity contribution in [2.24, 2.45) is 0 Å². The molecule has 2 rings (SSSR count). The third kappa shape index (κ3) is 1.60. The number of benzene rings is 1. The first-order chi connectivity index (χ1) is 6.72. The highest BCUT2D eigenvalue weighted by Gasteiger charge is 2.21. The summed E-state index contributed by atoms with van der Waals surface area (Å²) in [6, 6.07) is 3.78. The first kappa shape index (κ1) is 9.81. The van der Waals surface area contributed by atoms with Gasteiger partial charge in [0.15, 0.2) is 0 Å². The van der Waals surface area contributed by atoms with Gasteiger partial charge in [0.05, 0.1) is 19.8 Å². The van der Waals surface area contributed by atoms with Gasteiger partial charge in [0.2, 0.25) is 0 Å². The fourth-order valence-electron chi connectivity index (χ4n) is 1.79. The highest BCUT2D eigenvalue weighted by molar-refractivity contribution is 6.31. The van der Waals surface area contributed by atoms with Gasteiger partial charge in [-0.25, -0.2) is 0 Å². The number of halogens is 1. The quantitative estimate of drug-likeness (QED) is 0.713. The van der Waals surface area contributed by atoms with Crippen molar-refractivity contribution in [3.05, 3.63) is 28.3 Å². The second-order valence-corrected chi connectivity index (χ2v) is 3.94. The molecule has 0 aromatic heterocycles. The minimum Gasteiger partial charge on any atom is -0.496 e. The zero-order chi connectivity index (χ0) is 10.1. The van der Waals surface area contributed by atoms with Crippen molar-refractivity contribution in [3.8, 4) is 5.75 Å². The Balaban J connectivity index is 2.49. The van der Waals surface area contributed by atoms with E-state index in [1.807, 2.05) is 12.1 Å². The van der Waals surface area contributed by atoms with Gasteiger partial charge in [-0.1, -0.05) is 11.6 Å². The molecule has 1 aromatic carbocycles. The van der Waals surface area contributed by atoms with E-state index in [9.17, 15) is 0 Å². The van der Waals surface area contributed by atoms with Crippen molar-refractivity contribution in [1.29, 1.82) is 0 Å². The van der Waals surface area contributed by atoms with Crippen LogP contribution in [-0.2, 0) is 17.8 Å². The molecule has 0 N–H and O–H groups in total. The maximum Gasteiger partial charge on any atom is 0.124 e. The van der Waals surface area contributed by atoms with Gasteiger partial charge in [-0.15, -0.1) is 0 Å². The molecular weight excluding hydrogens is 200 g/mol. The molecule has 0 aliphatic carbocycles. The van der Waals surface area contributed by atoms with Gasteiger partial charge in [-0.05, 0) is 24.6 Å². The van der Waals surface area contributed by atoms with E-state index in [1.54, 1.807) is 7.11 Å². The largest absolute Gasteiger partial charge is 0.496 e. The monoisotopic (exact) mass is 212 g/mol. The van der Waals surface area contributed by atoms with Gasteiger partial charge in [-0.2, -0.15) is 0 Å². The van der Waals surface area contributed by atoms with Crippen LogP contribution in [0.2, 0.25) is 5.02 Å². The van der Waals surface area contributed by atoms with E-state index in [0.29, 0.717) is 6.61 Å². The molecule has 1 aliphatic rings. The number of ether oxygens (including phenoxy) is 2. The van der Waals surface area contributed by atoms with Crippen molar-refractivity contribution in [2.75, 3.05) is 7.11 Å². The number of rotatable bonds is 1. The molecule has 1 atom stereocenters. The molecule has 1 aromatic rings. The molecule has 0 amide bonds. The molecule has 76 valence electrons. The smallest absolute Gasteiger partial charge is 0.124 e. The Labute approximate surface area is 88.8 Å². The predicted molar refractivity (Wildman–Crippen MR) is 56.0 cm³/mol. The van der Waals surface area contributed by atoms with E-state index < -0.39 is 0 Å². The number of fused-ring (bicyclic) bond motifs is 1. The molecular formula is C11H13ClO2. The summed E-state index contributed by atoms with van der Waals surface area (Å²) >= 11 is 6.13. The second kappa shape index (κ2) is 3.79. The minimum atomic E-state index is 0.243. The van der Waals surface area contributed by atoms with Crippen LogP contribution < -0.4 is 4.74 Å². The third-order valence-electron chi connectivity index (χ3n) is 2.55. The highest BCUT2D eigenvalue weighted by Crippen LogP contribution is 2.33. The highest BCUT2D eigenvalue weighted by atomic mass is 35.5. The van der Waals surface area contributed by atoms with Crippen LogP contribution in [0.4, 0.5) is 0 Å². The summed E-state index contributed by atoms with van der Waals surface area (Å²) in [5.41, 5.74) is 2.27. The average Bonchev–Trinajstić information content (AvgIpc) is 2.19. The molecule has 0 spiro atoms. The molecule has 0 saturated carbocycles. The standard InChI is InChI=1S/C11H13ClO2/c1-7-5-8-9(6-14-7)11(13-2)4-3-10(8)12/h3-4,7H,5-6H2,1-2H3. The van der Waals surface area contributed by atoms with Crippen molar-refractivity contribution < 1.29 is 9.47 Å². The SMILES string of the molecule is COc1ccc(Cl)c2c1COC(C)C2. The van der Waals surface area contributed by atoms with E-state index >= 15 is 0 Å². The van der Waals surface area contributed by atoms with Gasteiger partial charge in [0, 0.05) is 17.0 Å². The van der Waals surface area contributed by atoms with Crippen LogP contribution in [0.3, 0.4) is 0 Å².